The van der Waals surface area contributed by atoms with E-state index in [1.807, 2.05) is 0 Å². The van der Waals surface area contributed by atoms with Crippen molar-refractivity contribution in [3.8, 4) is 0 Å². The molecule has 1 atom stereocenters. The fourth-order valence-corrected chi connectivity index (χ4v) is 1.23. The van der Waals surface area contributed by atoms with Gasteiger partial charge in [0, 0.05) is 6.42 Å². The van der Waals surface area contributed by atoms with Gasteiger partial charge in [0.2, 0.25) is 5.91 Å². The summed E-state index contributed by atoms with van der Waals surface area (Å²) in [4.78, 5) is 34.3. The van der Waals surface area contributed by atoms with Crippen molar-refractivity contribution in [1.82, 2.24) is 0 Å². The van der Waals surface area contributed by atoms with Gasteiger partial charge in [0.15, 0.2) is 5.92 Å². The van der Waals surface area contributed by atoms with Gasteiger partial charge in [-0.15, -0.1) is 0 Å². The molecule has 0 aromatic rings. The Morgan fingerprint density at radius 3 is 2.26 bits per heavy atom. The highest BCUT2D eigenvalue weighted by Gasteiger charge is 2.32. The lowest BCUT2D eigenvalue weighted by atomic mass is 10.0. The van der Waals surface area contributed by atoms with Gasteiger partial charge in [-0.1, -0.05) is 12.7 Å². The van der Waals surface area contributed by atoms with Crippen molar-refractivity contribution >= 4 is 17.8 Å². The monoisotopic (exact) mass is 271 g/mol. The zero-order chi connectivity index (χ0) is 15.1. The lowest BCUT2D eigenvalue weighted by molar-refractivity contribution is -0.169. The van der Waals surface area contributed by atoms with E-state index in [2.05, 4.69) is 6.58 Å². The van der Waals surface area contributed by atoms with E-state index >= 15 is 0 Å². The fraction of sp³-hybridized carbons (Fsp3) is 0.615. The van der Waals surface area contributed by atoms with Crippen molar-refractivity contribution < 1.29 is 23.9 Å². The number of amides is 1. The molecule has 0 unspecified atom stereocenters. The molecule has 0 radical (unpaired) electrons. The minimum Gasteiger partial charge on any atom is -0.461 e. The molecule has 0 saturated heterocycles. The molecule has 0 aliphatic carbocycles. The highest BCUT2D eigenvalue weighted by atomic mass is 16.6. The van der Waals surface area contributed by atoms with Crippen LogP contribution in [0.15, 0.2) is 12.7 Å². The molecular formula is C13H21NO5. The van der Waals surface area contributed by atoms with Crippen LogP contribution in [0.3, 0.4) is 0 Å². The van der Waals surface area contributed by atoms with Crippen LogP contribution in [-0.2, 0) is 23.9 Å². The predicted molar refractivity (Wildman–Crippen MR) is 68.9 cm³/mol. The van der Waals surface area contributed by atoms with Crippen LogP contribution in [0, 0.1) is 5.92 Å². The average molecular weight is 271 g/mol. The Kier molecular flexibility index (Phi) is 6.82. The Labute approximate surface area is 112 Å². The van der Waals surface area contributed by atoms with E-state index in [0.717, 1.165) is 0 Å². The van der Waals surface area contributed by atoms with Gasteiger partial charge >= 0.3 is 11.9 Å². The van der Waals surface area contributed by atoms with Gasteiger partial charge in [-0.3, -0.25) is 14.4 Å². The largest absolute Gasteiger partial charge is 0.461 e. The van der Waals surface area contributed by atoms with E-state index in [4.69, 9.17) is 15.2 Å². The molecular weight excluding hydrogens is 250 g/mol. The van der Waals surface area contributed by atoms with Crippen molar-refractivity contribution in [1.29, 1.82) is 0 Å². The first-order chi connectivity index (χ1) is 8.67. The van der Waals surface area contributed by atoms with E-state index in [0.29, 0.717) is 0 Å². The number of primary amides is 1. The first-order valence-electron chi connectivity index (χ1n) is 5.96. The number of rotatable bonds is 7. The Balaban J connectivity index is 4.73. The van der Waals surface area contributed by atoms with Crippen LogP contribution >= 0.6 is 0 Å². The Morgan fingerprint density at radius 2 is 1.84 bits per heavy atom. The van der Waals surface area contributed by atoms with Crippen LogP contribution < -0.4 is 5.73 Å². The molecule has 0 aliphatic heterocycles. The Bertz CT molecular complexity index is 357. The molecule has 1 amide bonds. The number of ether oxygens (including phenoxy) is 2. The van der Waals surface area contributed by atoms with E-state index in [-0.39, 0.29) is 19.4 Å². The minimum absolute atomic E-state index is 0.00526. The number of esters is 2. The Morgan fingerprint density at radius 1 is 1.26 bits per heavy atom. The minimum atomic E-state index is -1.15. The summed E-state index contributed by atoms with van der Waals surface area (Å²) < 4.78 is 9.93. The molecule has 0 aliphatic rings. The summed E-state index contributed by atoms with van der Waals surface area (Å²) in [6.07, 6.45) is 1.27. The summed E-state index contributed by atoms with van der Waals surface area (Å²) >= 11 is 0. The second kappa shape index (κ2) is 7.56. The normalized spacial score (nSPS) is 12.4. The average Bonchev–Trinajstić information content (AvgIpc) is 2.23. The van der Waals surface area contributed by atoms with Gasteiger partial charge in [0.25, 0.3) is 0 Å². The van der Waals surface area contributed by atoms with Crippen LogP contribution in [0.2, 0.25) is 0 Å². The summed E-state index contributed by atoms with van der Waals surface area (Å²) in [5.74, 6) is -3.20. The molecule has 0 heterocycles. The molecule has 6 nitrogen and oxygen atoms in total. The third-order valence-corrected chi connectivity index (χ3v) is 2.00. The van der Waals surface area contributed by atoms with Crippen molar-refractivity contribution in [2.24, 2.45) is 11.7 Å². The summed E-state index contributed by atoms with van der Waals surface area (Å²) in [5, 5.41) is 0. The summed E-state index contributed by atoms with van der Waals surface area (Å²) in [6, 6.07) is 0. The Hall–Kier alpha value is -1.85. The molecule has 19 heavy (non-hydrogen) atoms. The lowest BCUT2D eigenvalue weighted by Crippen LogP contribution is -2.34. The maximum absolute atomic E-state index is 11.9. The third kappa shape index (κ3) is 7.96. The number of hydrogen-bond donors (Lipinski definition) is 1. The van der Waals surface area contributed by atoms with E-state index in [1.54, 1.807) is 20.8 Å². The second-order valence-corrected chi connectivity index (χ2v) is 5.01. The fourth-order valence-electron chi connectivity index (χ4n) is 1.23. The zero-order valence-electron chi connectivity index (χ0n) is 11.6. The first-order valence-corrected chi connectivity index (χ1v) is 5.96. The van der Waals surface area contributed by atoms with Crippen LogP contribution in [0.1, 0.15) is 33.6 Å². The summed E-state index contributed by atoms with van der Waals surface area (Å²) in [6.45, 7) is 8.45. The quantitative estimate of drug-likeness (QED) is 0.422. The van der Waals surface area contributed by atoms with Crippen molar-refractivity contribution in [3.05, 3.63) is 12.7 Å². The van der Waals surface area contributed by atoms with E-state index in [1.165, 1.54) is 6.08 Å². The molecule has 0 rings (SSSR count). The number of nitrogens with two attached hydrogens (primary N) is 1. The molecule has 2 N–H and O–H groups in total. The maximum atomic E-state index is 11.9. The molecule has 6 heteroatoms. The van der Waals surface area contributed by atoms with Crippen LogP contribution in [0.5, 0.6) is 0 Å². The molecule has 0 saturated carbocycles. The van der Waals surface area contributed by atoms with Gasteiger partial charge in [-0.05, 0) is 27.2 Å². The first kappa shape index (κ1) is 17.2. The topological polar surface area (TPSA) is 95.7 Å². The molecule has 0 bridgehead atoms. The standard InChI is InChI=1S/C13H21NO5/c1-5-8-18-11(16)9(6-7-10(14)15)12(17)19-13(2,3)4/h5,9H,1,6-8H2,2-4H3,(H2,14,15)/t9-/m0/s1. The molecule has 0 aromatic heterocycles. The molecule has 0 aromatic carbocycles. The highest BCUT2D eigenvalue weighted by Crippen LogP contribution is 2.16. The van der Waals surface area contributed by atoms with Crippen molar-refractivity contribution in [2.45, 2.75) is 39.2 Å². The molecule has 108 valence electrons. The smallest absolute Gasteiger partial charge is 0.320 e. The van der Waals surface area contributed by atoms with Gasteiger partial charge in [0.1, 0.15) is 12.2 Å². The summed E-state index contributed by atoms with van der Waals surface area (Å²) in [5.41, 5.74) is 4.29. The molecule has 0 spiro atoms. The number of hydrogen-bond acceptors (Lipinski definition) is 5. The van der Waals surface area contributed by atoms with Crippen LogP contribution in [0.25, 0.3) is 0 Å². The van der Waals surface area contributed by atoms with Crippen LogP contribution in [-0.4, -0.2) is 30.1 Å². The zero-order valence-corrected chi connectivity index (χ0v) is 11.6. The number of carbonyl (C=O) groups excluding carboxylic acids is 3. The lowest BCUT2D eigenvalue weighted by Gasteiger charge is -2.22. The SMILES string of the molecule is C=CCOC(=O)[C@H](CCC(N)=O)C(=O)OC(C)(C)C. The highest BCUT2D eigenvalue weighted by molar-refractivity contribution is 5.95. The van der Waals surface area contributed by atoms with Gasteiger partial charge in [-0.25, -0.2) is 0 Å². The third-order valence-electron chi connectivity index (χ3n) is 2.00. The van der Waals surface area contributed by atoms with Crippen LogP contribution in [0.4, 0.5) is 0 Å². The van der Waals surface area contributed by atoms with Crippen molar-refractivity contribution in [3.63, 3.8) is 0 Å². The molecule has 0 fully saturated rings. The maximum Gasteiger partial charge on any atom is 0.320 e. The summed E-state index contributed by atoms with van der Waals surface area (Å²) in [7, 11) is 0. The predicted octanol–water partition coefficient (Wildman–Crippen LogP) is 0.939. The van der Waals surface area contributed by atoms with Gasteiger partial charge in [0.05, 0.1) is 0 Å². The van der Waals surface area contributed by atoms with Crippen molar-refractivity contribution in [2.75, 3.05) is 6.61 Å². The second-order valence-electron chi connectivity index (χ2n) is 5.01. The van der Waals surface area contributed by atoms with Gasteiger partial charge in [-0.2, -0.15) is 0 Å². The van der Waals surface area contributed by atoms with Gasteiger partial charge < -0.3 is 15.2 Å². The van der Waals surface area contributed by atoms with E-state index in [9.17, 15) is 14.4 Å². The number of carbonyl (C=O) groups is 3. The van der Waals surface area contributed by atoms with E-state index < -0.39 is 29.4 Å².